The lowest BCUT2D eigenvalue weighted by Gasteiger charge is -2.28. The number of epoxide rings is 1. The number of esters is 1. The summed E-state index contributed by atoms with van der Waals surface area (Å²) in [7, 11) is 1.55. The zero-order valence-electron chi connectivity index (χ0n) is 10.1. The van der Waals surface area contributed by atoms with Crippen molar-refractivity contribution in [3.05, 3.63) is 0 Å². The first kappa shape index (κ1) is 12.8. The molecule has 0 spiro atoms. The average molecular weight is 246 g/mol. The predicted molar refractivity (Wildman–Crippen MR) is 56.4 cm³/mol. The van der Waals surface area contributed by atoms with Gasteiger partial charge in [-0.2, -0.15) is 0 Å². The van der Waals surface area contributed by atoms with Gasteiger partial charge in [-0.25, -0.2) is 0 Å². The monoisotopic (exact) mass is 246 g/mol. The summed E-state index contributed by atoms with van der Waals surface area (Å²) in [5.74, 6) is -0.275. The highest BCUT2D eigenvalue weighted by molar-refractivity contribution is 5.70. The lowest BCUT2D eigenvalue weighted by Crippen LogP contribution is -2.43. The highest BCUT2D eigenvalue weighted by Crippen LogP contribution is 2.35. The van der Waals surface area contributed by atoms with Crippen molar-refractivity contribution in [2.24, 2.45) is 0 Å². The standard InChI is InChI=1S/C11H18O6/c1-3-14-9(12)4-7-10(16-6-13-2)11-8(17-11)5-15-7/h7-8,10-11H,3-6H2,1-2H3/t7-,8+,10-,11+/m0/s1. The number of methoxy groups -OCH3 is 1. The van der Waals surface area contributed by atoms with Crippen molar-refractivity contribution in [2.75, 3.05) is 27.1 Å². The Morgan fingerprint density at radius 2 is 2.29 bits per heavy atom. The third-order valence-electron chi connectivity index (χ3n) is 2.84. The molecule has 0 aliphatic carbocycles. The van der Waals surface area contributed by atoms with Crippen LogP contribution >= 0.6 is 0 Å². The summed E-state index contributed by atoms with van der Waals surface area (Å²) in [6.07, 6.45) is -0.242. The first-order valence-electron chi connectivity index (χ1n) is 5.79. The summed E-state index contributed by atoms with van der Waals surface area (Å²) in [5, 5.41) is 0. The van der Waals surface area contributed by atoms with Gasteiger partial charge in [-0.05, 0) is 6.92 Å². The number of rotatable bonds is 6. The Morgan fingerprint density at radius 1 is 1.47 bits per heavy atom. The molecule has 0 aromatic carbocycles. The molecule has 2 aliphatic heterocycles. The zero-order valence-corrected chi connectivity index (χ0v) is 10.1. The van der Waals surface area contributed by atoms with Gasteiger partial charge in [-0.3, -0.25) is 4.79 Å². The zero-order chi connectivity index (χ0) is 12.3. The van der Waals surface area contributed by atoms with Crippen LogP contribution in [0.1, 0.15) is 13.3 Å². The average Bonchev–Trinajstić information content (AvgIpc) is 3.07. The van der Waals surface area contributed by atoms with Crippen LogP contribution in [0.2, 0.25) is 0 Å². The Hall–Kier alpha value is -0.690. The Labute approximate surface area is 100 Å². The van der Waals surface area contributed by atoms with Crippen molar-refractivity contribution < 1.29 is 28.5 Å². The minimum Gasteiger partial charge on any atom is -0.466 e. The highest BCUT2D eigenvalue weighted by Gasteiger charge is 2.53. The van der Waals surface area contributed by atoms with E-state index in [-0.39, 0.29) is 43.6 Å². The normalized spacial score (nSPS) is 35.2. The lowest BCUT2D eigenvalue weighted by atomic mass is 10.0. The van der Waals surface area contributed by atoms with E-state index in [1.165, 1.54) is 0 Å². The van der Waals surface area contributed by atoms with Crippen molar-refractivity contribution in [3.63, 3.8) is 0 Å². The predicted octanol–water partition coefficient (Wildman–Crippen LogP) is 0.0949. The number of carbonyl (C=O) groups excluding carboxylic acids is 1. The molecule has 0 radical (unpaired) electrons. The van der Waals surface area contributed by atoms with Gasteiger partial charge < -0.3 is 23.7 Å². The summed E-state index contributed by atoms with van der Waals surface area (Å²) >= 11 is 0. The molecule has 2 saturated heterocycles. The van der Waals surface area contributed by atoms with Crippen molar-refractivity contribution in [2.45, 2.75) is 37.8 Å². The number of ether oxygens (including phenoxy) is 5. The van der Waals surface area contributed by atoms with Gasteiger partial charge in [-0.1, -0.05) is 0 Å². The van der Waals surface area contributed by atoms with E-state index in [1.807, 2.05) is 0 Å². The SMILES string of the molecule is CCOC(=O)C[C@@H]1OC[C@H]2O[C@H]2[C@H]1OCOC. The van der Waals surface area contributed by atoms with E-state index in [0.29, 0.717) is 13.2 Å². The van der Waals surface area contributed by atoms with E-state index >= 15 is 0 Å². The second-order valence-corrected chi connectivity index (χ2v) is 4.06. The van der Waals surface area contributed by atoms with E-state index < -0.39 is 0 Å². The molecular weight excluding hydrogens is 228 g/mol. The van der Waals surface area contributed by atoms with E-state index in [1.54, 1.807) is 14.0 Å². The van der Waals surface area contributed by atoms with Gasteiger partial charge in [0.05, 0.1) is 25.7 Å². The van der Waals surface area contributed by atoms with E-state index in [2.05, 4.69) is 0 Å². The highest BCUT2D eigenvalue weighted by atomic mass is 16.7. The van der Waals surface area contributed by atoms with Crippen molar-refractivity contribution in [1.82, 2.24) is 0 Å². The van der Waals surface area contributed by atoms with E-state index in [0.717, 1.165) is 0 Å². The molecule has 2 fully saturated rings. The molecule has 4 atom stereocenters. The minimum absolute atomic E-state index is 0.0262. The van der Waals surface area contributed by atoms with Crippen LogP contribution in [0.5, 0.6) is 0 Å². The fourth-order valence-electron chi connectivity index (χ4n) is 2.01. The summed E-state index contributed by atoms with van der Waals surface area (Å²) in [6.45, 7) is 2.83. The van der Waals surface area contributed by atoms with E-state index in [4.69, 9.17) is 23.7 Å². The van der Waals surface area contributed by atoms with Gasteiger partial charge in [0.1, 0.15) is 25.1 Å². The summed E-state index contributed by atoms with van der Waals surface area (Å²) in [6, 6.07) is 0. The lowest BCUT2D eigenvalue weighted by molar-refractivity contribution is -0.162. The van der Waals surface area contributed by atoms with Crippen LogP contribution < -0.4 is 0 Å². The first-order chi connectivity index (χ1) is 8.26. The summed E-state index contributed by atoms with van der Waals surface area (Å²) in [5.41, 5.74) is 0. The van der Waals surface area contributed by atoms with Crippen LogP contribution in [0, 0.1) is 0 Å². The quantitative estimate of drug-likeness (QED) is 0.376. The van der Waals surface area contributed by atoms with Crippen molar-refractivity contribution in [3.8, 4) is 0 Å². The maximum atomic E-state index is 11.4. The second-order valence-electron chi connectivity index (χ2n) is 4.06. The second kappa shape index (κ2) is 5.77. The van der Waals surface area contributed by atoms with Crippen LogP contribution in [0.3, 0.4) is 0 Å². The van der Waals surface area contributed by atoms with Gasteiger partial charge in [0.15, 0.2) is 0 Å². The molecule has 0 unspecified atom stereocenters. The summed E-state index contributed by atoms with van der Waals surface area (Å²) in [4.78, 5) is 11.4. The fourth-order valence-corrected chi connectivity index (χ4v) is 2.01. The van der Waals surface area contributed by atoms with Gasteiger partial charge in [0.25, 0.3) is 0 Å². The molecule has 2 rings (SSSR count). The largest absolute Gasteiger partial charge is 0.466 e. The number of fused-ring (bicyclic) bond motifs is 1. The molecule has 98 valence electrons. The maximum Gasteiger partial charge on any atom is 0.308 e. The Balaban J connectivity index is 1.86. The number of hydrogen-bond donors (Lipinski definition) is 0. The smallest absolute Gasteiger partial charge is 0.308 e. The molecule has 0 amide bonds. The number of hydrogen-bond acceptors (Lipinski definition) is 6. The van der Waals surface area contributed by atoms with Crippen LogP contribution in [-0.4, -0.2) is 57.5 Å². The molecule has 2 aliphatic rings. The Bertz CT molecular complexity index is 269. The molecule has 0 bridgehead atoms. The van der Waals surface area contributed by atoms with Crippen molar-refractivity contribution in [1.29, 1.82) is 0 Å². The van der Waals surface area contributed by atoms with E-state index in [9.17, 15) is 4.79 Å². The number of carbonyl (C=O) groups is 1. The third-order valence-corrected chi connectivity index (χ3v) is 2.84. The molecular formula is C11H18O6. The third kappa shape index (κ3) is 3.16. The molecule has 6 heteroatoms. The minimum atomic E-state index is -0.312. The Morgan fingerprint density at radius 3 is 3.00 bits per heavy atom. The van der Waals surface area contributed by atoms with Crippen LogP contribution in [0.25, 0.3) is 0 Å². The summed E-state index contributed by atoms with van der Waals surface area (Å²) < 4.78 is 26.2. The molecule has 6 nitrogen and oxygen atoms in total. The topological polar surface area (TPSA) is 66.5 Å². The first-order valence-corrected chi connectivity index (χ1v) is 5.79. The Kier molecular flexibility index (Phi) is 4.33. The van der Waals surface area contributed by atoms with Gasteiger partial charge in [-0.15, -0.1) is 0 Å². The molecule has 2 heterocycles. The van der Waals surface area contributed by atoms with Gasteiger partial charge in [0, 0.05) is 7.11 Å². The molecule has 0 saturated carbocycles. The molecule has 0 aromatic heterocycles. The van der Waals surface area contributed by atoms with Crippen LogP contribution in [0.15, 0.2) is 0 Å². The molecule has 0 aromatic rings. The van der Waals surface area contributed by atoms with Gasteiger partial charge in [0.2, 0.25) is 0 Å². The maximum absolute atomic E-state index is 11.4. The van der Waals surface area contributed by atoms with Crippen LogP contribution in [0.4, 0.5) is 0 Å². The molecule has 17 heavy (non-hydrogen) atoms. The molecule has 0 N–H and O–H groups in total. The fraction of sp³-hybridized carbons (Fsp3) is 0.909. The van der Waals surface area contributed by atoms with Crippen molar-refractivity contribution >= 4 is 5.97 Å². The van der Waals surface area contributed by atoms with Gasteiger partial charge >= 0.3 is 5.97 Å². The van der Waals surface area contributed by atoms with Crippen LogP contribution in [-0.2, 0) is 28.5 Å².